The van der Waals surface area contributed by atoms with E-state index in [9.17, 15) is 32.7 Å². The molecule has 0 bridgehead atoms. The average molecular weight is 447 g/mol. The first-order valence-electron chi connectivity index (χ1n) is 9.00. The Morgan fingerprint density at radius 1 is 1.16 bits per heavy atom. The molecule has 0 aromatic heterocycles. The fourth-order valence-corrected chi connectivity index (χ4v) is 2.55. The van der Waals surface area contributed by atoms with Crippen LogP contribution in [0.1, 0.15) is 36.2 Å². The lowest BCUT2D eigenvalue weighted by Crippen LogP contribution is -2.49. The Kier molecular flexibility index (Phi) is 8.79. The molecule has 31 heavy (non-hydrogen) atoms. The van der Waals surface area contributed by atoms with Gasteiger partial charge in [0.2, 0.25) is 5.91 Å². The van der Waals surface area contributed by atoms with Gasteiger partial charge in [-0.1, -0.05) is 13.8 Å². The van der Waals surface area contributed by atoms with Gasteiger partial charge in [-0.15, -0.1) is 0 Å². The Morgan fingerprint density at radius 2 is 1.77 bits per heavy atom. The zero-order chi connectivity index (χ0) is 23.9. The van der Waals surface area contributed by atoms with Crippen LogP contribution in [0.2, 0.25) is 0 Å². The van der Waals surface area contributed by atoms with Gasteiger partial charge in [0, 0.05) is 5.56 Å². The molecule has 0 aliphatic heterocycles. The van der Waals surface area contributed by atoms with Gasteiger partial charge in [0.1, 0.15) is 0 Å². The van der Waals surface area contributed by atoms with E-state index in [4.69, 9.17) is 16.6 Å². The molecular formula is C18H24F3N5O5. The standard InChI is InChI=1S/C18H24F3N5O5/c1-8(2)15(30)12(6-14(28)29)26-13(27)7-24-16(31)9-3-10(18(19,20)21)5-11(4-9)25-17(22)23/h3-5,8,12,15,30H,6-7H2,1-2H3,(H,24,31)(H,26,27)(H,28,29)(H4,22,23,25). The average Bonchev–Trinajstić information content (AvgIpc) is 2.62. The largest absolute Gasteiger partial charge is 0.481 e. The quantitative estimate of drug-likeness (QED) is 0.233. The fourth-order valence-electron chi connectivity index (χ4n) is 2.55. The number of aliphatic carboxylic acids is 1. The van der Waals surface area contributed by atoms with Gasteiger partial charge in [-0.2, -0.15) is 13.2 Å². The minimum atomic E-state index is -4.78. The Labute approximate surface area is 175 Å². The lowest BCUT2D eigenvalue weighted by atomic mass is 9.97. The zero-order valence-corrected chi connectivity index (χ0v) is 16.7. The van der Waals surface area contributed by atoms with Gasteiger partial charge < -0.3 is 32.3 Å². The Balaban J connectivity index is 2.94. The summed E-state index contributed by atoms with van der Waals surface area (Å²) in [5.74, 6) is -4.00. The fraction of sp³-hybridized carbons (Fsp3) is 0.444. The molecule has 0 saturated heterocycles. The summed E-state index contributed by atoms with van der Waals surface area (Å²) in [5.41, 5.74) is 8.39. The number of carboxylic acid groups (broad SMARTS) is 1. The Hall–Kier alpha value is -3.35. The van der Waals surface area contributed by atoms with Gasteiger partial charge >= 0.3 is 12.1 Å². The van der Waals surface area contributed by atoms with Crippen LogP contribution in [0.15, 0.2) is 23.2 Å². The second-order valence-electron chi connectivity index (χ2n) is 6.99. The van der Waals surface area contributed by atoms with Crippen molar-refractivity contribution in [3.63, 3.8) is 0 Å². The first kappa shape index (κ1) is 25.7. The van der Waals surface area contributed by atoms with Crippen molar-refractivity contribution in [1.82, 2.24) is 10.6 Å². The number of nitrogens with one attached hydrogen (secondary N) is 2. The van der Waals surface area contributed by atoms with Crippen molar-refractivity contribution in [3.05, 3.63) is 29.3 Å². The molecule has 1 rings (SSSR count). The van der Waals surface area contributed by atoms with Crippen LogP contribution in [-0.4, -0.2) is 52.6 Å². The molecular weight excluding hydrogens is 423 g/mol. The number of aliphatic hydroxyl groups excluding tert-OH is 1. The van der Waals surface area contributed by atoms with E-state index in [1.807, 2.05) is 0 Å². The molecule has 172 valence electrons. The van der Waals surface area contributed by atoms with Crippen LogP contribution in [0.4, 0.5) is 18.9 Å². The highest BCUT2D eigenvalue weighted by Crippen LogP contribution is 2.32. The predicted molar refractivity (Wildman–Crippen MR) is 104 cm³/mol. The third-order valence-corrected chi connectivity index (χ3v) is 4.01. The topological polar surface area (TPSA) is 180 Å². The molecule has 0 spiro atoms. The van der Waals surface area contributed by atoms with E-state index >= 15 is 0 Å². The molecule has 13 heteroatoms. The second-order valence-corrected chi connectivity index (χ2v) is 6.99. The Bertz CT molecular complexity index is 853. The molecule has 0 aliphatic carbocycles. The van der Waals surface area contributed by atoms with E-state index in [0.29, 0.717) is 12.1 Å². The third kappa shape index (κ3) is 8.50. The number of carbonyl (C=O) groups excluding carboxylic acids is 2. The summed E-state index contributed by atoms with van der Waals surface area (Å²) in [6.45, 7) is 2.57. The van der Waals surface area contributed by atoms with Gasteiger partial charge in [0.25, 0.3) is 5.91 Å². The highest BCUT2D eigenvalue weighted by Gasteiger charge is 2.32. The molecule has 0 saturated carbocycles. The van der Waals surface area contributed by atoms with E-state index < -0.39 is 66.2 Å². The summed E-state index contributed by atoms with van der Waals surface area (Å²) in [5, 5.41) is 23.4. The first-order valence-corrected chi connectivity index (χ1v) is 9.00. The van der Waals surface area contributed by atoms with E-state index in [0.717, 1.165) is 6.07 Å². The summed E-state index contributed by atoms with van der Waals surface area (Å²) in [4.78, 5) is 38.8. The van der Waals surface area contributed by atoms with Crippen molar-refractivity contribution < 1.29 is 37.8 Å². The molecule has 2 unspecified atom stereocenters. The molecule has 0 radical (unpaired) electrons. The van der Waals surface area contributed by atoms with Crippen molar-refractivity contribution in [2.75, 3.05) is 6.54 Å². The van der Waals surface area contributed by atoms with E-state index in [1.54, 1.807) is 13.8 Å². The van der Waals surface area contributed by atoms with Crippen LogP contribution in [0.25, 0.3) is 0 Å². The molecule has 1 aromatic carbocycles. The summed E-state index contributed by atoms with van der Waals surface area (Å²) in [7, 11) is 0. The summed E-state index contributed by atoms with van der Waals surface area (Å²) in [6, 6.07) is 1.09. The van der Waals surface area contributed by atoms with E-state index in [2.05, 4.69) is 15.6 Å². The number of nitrogens with zero attached hydrogens (tertiary/aromatic N) is 1. The molecule has 2 atom stereocenters. The van der Waals surface area contributed by atoms with E-state index in [-0.39, 0.29) is 11.6 Å². The lowest BCUT2D eigenvalue weighted by Gasteiger charge is -2.25. The number of aliphatic imine (C=N–C) groups is 1. The number of rotatable bonds is 9. The van der Waals surface area contributed by atoms with Crippen LogP contribution in [0, 0.1) is 5.92 Å². The number of carbonyl (C=O) groups is 3. The normalized spacial score (nSPS) is 13.3. The Morgan fingerprint density at radius 3 is 2.26 bits per heavy atom. The summed E-state index contributed by atoms with van der Waals surface area (Å²) in [6.07, 6.45) is -6.51. The molecule has 0 heterocycles. The highest BCUT2D eigenvalue weighted by atomic mass is 19.4. The molecule has 10 nitrogen and oxygen atoms in total. The van der Waals surface area contributed by atoms with Gasteiger partial charge in [0.05, 0.1) is 36.4 Å². The number of halogens is 3. The number of benzene rings is 1. The predicted octanol–water partition coefficient (Wildman–Crippen LogP) is 0.317. The summed E-state index contributed by atoms with van der Waals surface area (Å²) >= 11 is 0. The summed E-state index contributed by atoms with van der Waals surface area (Å²) < 4.78 is 39.2. The molecule has 2 amide bonds. The van der Waals surface area contributed by atoms with Gasteiger partial charge in [-0.3, -0.25) is 14.4 Å². The zero-order valence-electron chi connectivity index (χ0n) is 16.7. The maximum absolute atomic E-state index is 13.1. The van der Waals surface area contributed by atoms with Crippen LogP contribution in [-0.2, 0) is 15.8 Å². The van der Waals surface area contributed by atoms with Crippen LogP contribution in [0.5, 0.6) is 0 Å². The van der Waals surface area contributed by atoms with Gasteiger partial charge in [-0.05, 0) is 24.1 Å². The molecule has 1 aromatic rings. The monoisotopic (exact) mass is 447 g/mol. The van der Waals surface area contributed by atoms with Crippen molar-refractivity contribution in [3.8, 4) is 0 Å². The molecule has 8 N–H and O–H groups in total. The van der Waals surface area contributed by atoms with Gasteiger partial charge in [0.15, 0.2) is 5.96 Å². The lowest BCUT2D eigenvalue weighted by molar-refractivity contribution is -0.139. The second kappa shape index (κ2) is 10.6. The number of aliphatic hydroxyl groups is 1. The van der Waals surface area contributed by atoms with Crippen LogP contribution < -0.4 is 22.1 Å². The van der Waals surface area contributed by atoms with Crippen LogP contribution >= 0.6 is 0 Å². The maximum Gasteiger partial charge on any atom is 0.416 e. The minimum Gasteiger partial charge on any atom is -0.481 e. The number of carboxylic acids is 1. The number of amides is 2. The molecule has 0 fully saturated rings. The number of alkyl halides is 3. The number of hydrogen-bond donors (Lipinski definition) is 6. The van der Waals surface area contributed by atoms with Crippen molar-refractivity contribution in [2.45, 2.75) is 38.6 Å². The van der Waals surface area contributed by atoms with Crippen molar-refractivity contribution in [2.24, 2.45) is 22.4 Å². The smallest absolute Gasteiger partial charge is 0.416 e. The number of hydrogen-bond acceptors (Lipinski definition) is 5. The third-order valence-electron chi connectivity index (χ3n) is 4.01. The number of nitrogens with two attached hydrogens (primary N) is 2. The SMILES string of the molecule is CC(C)C(O)C(CC(=O)O)NC(=O)CNC(=O)c1cc(N=C(N)N)cc(C(F)(F)F)c1. The van der Waals surface area contributed by atoms with Crippen molar-refractivity contribution >= 4 is 29.4 Å². The first-order chi connectivity index (χ1) is 14.2. The van der Waals surface area contributed by atoms with E-state index in [1.165, 1.54) is 0 Å². The van der Waals surface area contributed by atoms with Crippen molar-refractivity contribution in [1.29, 1.82) is 0 Å². The maximum atomic E-state index is 13.1. The van der Waals surface area contributed by atoms with Gasteiger partial charge in [-0.25, -0.2) is 4.99 Å². The minimum absolute atomic E-state index is 0.314. The highest BCUT2D eigenvalue weighted by molar-refractivity contribution is 5.97. The molecule has 0 aliphatic rings. The number of guanidine groups is 1. The van der Waals surface area contributed by atoms with Crippen LogP contribution in [0.3, 0.4) is 0 Å².